The van der Waals surface area contributed by atoms with Crippen molar-refractivity contribution in [2.24, 2.45) is 0 Å². The van der Waals surface area contributed by atoms with Crippen molar-refractivity contribution in [2.75, 3.05) is 31.2 Å². The van der Waals surface area contributed by atoms with Crippen LogP contribution in [0, 0.1) is 25.2 Å². The van der Waals surface area contributed by atoms with Gasteiger partial charge in [0.25, 0.3) is 0 Å². The van der Waals surface area contributed by atoms with Crippen molar-refractivity contribution in [3.05, 3.63) is 35.2 Å². The van der Waals surface area contributed by atoms with Crippen molar-refractivity contribution in [3.63, 3.8) is 0 Å². The van der Waals surface area contributed by atoms with E-state index in [0.717, 1.165) is 79.8 Å². The number of anilines is 1. The first-order valence-corrected chi connectivity index (χ1v) is 11.4. The molecule has 0 unspecified atom stereocenters. The van der Waals surface area contributed by atoms with E-state index in [1.54, 1.807) is 6.92 Å². The van der Waals surface area contributed by atoms with E-state index >= 15 is 0 Å². The fourth-order valence-corrected chi connectivity index (χ4v) is 4.78. The number of aryl methyl sites for hydroxylation is 2. The Morgan fingerprint density at radius 1 is 1.03 bits per heavy atom. The molecule has 2 aromatic heterocycles. The Balaban J connectivity index is 1.46. The minimum atomic E-state index is 0.503. The molecule has 0 spiro atoms. The molecule has 3 aromatic rings. The zero-order chi connectivity index (χ0) is 22.1. The van der Waals surface area contributed by atoms with Gasteiger partial charge in [-0.05, 0) is 56.4 Å². The van der Waals surface area contributed by atoms with Crippen molar-refractivity contribution in [1.29, 1.82) is 5.26 Å². The smallest absolute Gasteiger partial charge is 0.223 e. The van der Waals surface area contributed by atoms with Crippen LogP contribution in [0.1, 0.15) is 42.7 Å². The third kappa shape index (κ3) is 4.18. The number of hydrogen-bond donors (Lipinski definition) is 1. The normalized spacial score (nSPS) is 18.2. The summed E-state index contributed by atoms with van der Waals surface area (Å²) < 4.78 is 10.7. The lowest BCUT2D eigenvalue weighted by molar-refractivity contribution is 0.0738. The van der Waals surface area contributed by atoms with Gasteiger partial charge in [-0.2, -0.15) is 10.2 Å². The summed E-state index contributed by atoms with van der Waals surface area (Å²) >= 11 is 0. The summed E-state index contributed by atoms with van der Waals surface area (Å²) in [6, 6.07) is 9.35. The van der Waals surface area contributed by atoms with Gasteiger partial charge < -0.3 is 19.5 Å². The van der Waals surface area contributed by atoms with Crippen LogP contribution in [0.5, 0.6) is 0 Å². The molecule has 2 aliphatic rings. The van der Waals surface area contributed by atoms with Crippen LogP contribution in [0.3, 0.4) is 0 Å². The van der Waals surface area contributed by atoms with Crippen molar-refractivity contribution in [2.45, 2.75) is 51.6 Å². The van der Waals surface area contributed by atoms with Crippen molar-refractivity contribution in [1.82, 2.24) is 20.4 Å². The zero-order valence-corrected chi connectivity index (χ0v) is 18.6. The second kappa shape index (κ2) is 8.85. The van der Waals surface area contributed by atoms with Gasteiger partial charge in [0.05, 0.1) is 16.6 Å². The average molecular weight is 433 g/mol. The van der Waals surface area contributed by atoms with E-state index in [2.05, 4.69) is 26.4 Å². The van der Waals surface area contributed by atoms with E-state index in [0.29, 0.717) is 29.4 Å². The second-order valence-electron chi connectivity index (χ2n) is 8.81. The number of piperidine rings is 1. The van der Waals surface area contributed by atoms with E-state index in [-0.39, 0.29) is 0 Å². The molecule has 0 saturated carbocycles. The third-order valence-electron chi connectivity index (χ3n) is 6.42. The maximum absolute atomic E-state index is 9.68. The van der Waals surface area contributed by atoms with Crippen LogP contribution in [0.2, 0.25) is 0 Å². The van der Waals surface area contributed by atoms with Crippen molar-refractivity contribution in [3.8, 4) is 17.5 Å². The first kappa shape index (κ1) is 20.9. The van der Waals surface area contributed by atoms with Crippen LogP contribution >= 0.6 is 0 Å². The lowest BCUT2D eigenvalue weighted by atomic mass is 10.00. The minimum absolute atomic E-state index is 0.503. The standard InChI is InChI=1S/C24H28N6O2/c1-15-11-17-13-21(23-26-16(2)32-29-23)24(28-22(17)18(12-15)14-25)30-7-3-19(4-8-30)27-20-5-9-31-10-6-20/h11-13,19-20,27H,3-10H2,1-2H3. The number of nitriles is 1. The Bertz CT molecular complexity index is 1150. The first-order chi connectivity index (χ1) is 15.6. The molecule has 0 amide bonds. The van der Waals surface area contributed by atoms with Gasteiger partial charge in [-0.25, -0.2) is 4.98 Å². The fraction of sp³-hybridized carbons (Fsp3) is 0.500. The fourth-order valence-electron chi connectivity index (χ4n) is 4.78. The van der Waals surface area contributed by atoms with E-state index in [4.69, 9.17) is 14.2 Å². The van der Waals surface area contributed by atoms with Crippen LogP contribution in [-0.4, -0.2) is 53.5 Å². The van der Waals surface area contributed by atoms with E-state index in [9.17, 15) is 5.26 Å². The summed E-state index contributed by atoms with van der Waals surface area (Å²) in [5.74, 6) is 1.88. The average Bonchev–Trinajstić information content (AvgIpc) is 3.25. The van der Waals surface area contributed by atoms with Gasteiger partial charge in [-0.3, -0.25) is 0 Å². The molecule has 5 rings (SSSR count). The van der Waals surface area contributed by atoms with Crippen LogP contribution in [-0.2, 0) is 4.74 Å². The molecule has 8 nitrogen and oxygen atoms in total. The van der Waals surface area contributed by atoms with Crippen LogP contribution in [0.25, 0.3) is 22.3 Å². The number of pyridine rings is 1. The molecular formula is C24H28N6O2. The molecule has 32 heavy (non-hydrogen) atoms. The second-order valence-corrected chi connectivity index (χ2v) is 8.81. The molecule has 0 aliphatic carbocycles. The van der Waals surface area contributed by atoms with Crippen LogP contribution in [0.15, 0.2) is 22.7 Å². The molecule has 8 heteroatoms. The number of fused-ring (bicyclic) bond motifs is 1. The molecule has 4 heterocycles. The SMILES string of the molecule is Cc1cc(C#N)c2nc(N3CCC(NC4CCOCC4)CC3)c(-c3noc(C)n3)cc2c1. The zero-order valence-electron chi connectivity index (χ0n) is 18.6. The third-order valence-corrected chi connectivity index (χ3v) is 6.42. The van der Waals surface area contributed by atoms with Gasteiger partial charge in [-0.15, -0.1) is 0 Å². The Morgan fingerprint density at radius 2 is 1.78 bits per heavy atom. The number of ether oxygens (including phenoxy) is 1. The summed E-state index contributed by atoms with van der Waals surface area (Å²) in [7, 11) is 0. The Labute approximate surface area is 187 Å². The highest BCUT2D eigenvalue weighted by Gasteiger charge is 2.27. The number of nitrogens with zero attached hydrogens (tertiary/aromatic N) is 5. The molecule has 2 aliphatic heterocycles. The Morgan fingerprint density at radius 3 is 2.47 bits per heavy atom. The number of nitrogens with one attached hydrogen (secondary N) is 1. The van der Waals surface area contributed by atoms with Crippen molar-refractivity contribution < 1.29 is 9.26 Å². The molecular weight excluding hydrogens is 404 g/mol. The largest absolute Gasteiger partial charge is 0.381 e. The molecule has 1 aromatic carbocycles. The Kier molecular flexibility index (Phi) is 5.77. The number of hydrogen-bond acceptors (Lipinski definition) is 8. The summed E-state index contributed by atoms with van der Waals surface area (Å²) in [4.78, 5) is 11.7. The molecule has 0 bridgehead atoms. The first-order valence-electron chi connectivity index (χ1n) is 11.4. The Hall–Kier alpha value is -3.02. The predicted molar refractivity (Wildman–Crippen MR) is 121 cm³/mol. The van der Waals surface area contributed by atoms with Crippen LogP contribution < -0.4 is 10.2 Å². The minimum Gasteiger partial charge on any atom is -0.381 e. The maximum atomic E-state index is 9.68. The molecule has 166 valence electrons. The highest BCUT2D eigenvalue weighted by atomic mass is 16.5. The van der Waals surface area contributed by atoms with Gasteiger partial charge in [0.2, 0.25) is 11.7 Å². The van der Waals surface area contributed by atoms with Gasteiger partial charge in [0.1, 0.15) is 11.9 Å². The summed E-state index contributed by atoms with van der Waals surface area (Å²) in [5.41, 5.74) is 3.19. The van der Waals surface area contributed by atoms with Crippen molar-refractivity contribution >= 4 is 16.7 Å². The quantitative estimate of drug-likeness (QED) is 0.669. The highest BCUT2D eigenvalue weighted by molar-refractivity contribution is 5.92. The lowest BCUT2D eigenvalue weighted by Gasteiger charge is -2.36. The molecule has 2 saturated heterocycles. The molecule has 0 radical (unpaired) electrons. The molecule has 0 atom stereocenters. The summed E-state index contributed by atoms with van der Waals surface area (Å²) in [6.07, 6.45) is 4.26. The van der Waals surface area contributed by atoms with E-state index < -0.39 is 0 Å². The highest BCUT2D eigenvalue weighted by Crippen LogP contribution is 2.34. The van der Waals surface area contributed by atoms with E-state index in [1.165, 1.54) is 0 Å². The number of aromatic nitrogens is 3. The topological polar surface area (TPSA) is 100 Å². The van der Waals surface area contributed by atoms with E-state index in [1.807, 2.05) is 25.1 Å². The van der Waals surface area contributed by atoms with Gasteiger partial charge in [0.15, 0.2) is 0 Å². The molecule has 2 fully saturated rings. The van der Waals surface area contributed by atoms with Crippen LogP contribution in [0.4, 0.5) is 5.82 Å². The number of benzene rings is 1. The summed E-state index contributed by atoms with van der Waals surface area (Å²) in [5, 5.41) is 18.6. The molecule has 1 N–H and O–H groups in total. The van der Waals surface area contributed by atoms with Gasteiger partial charge >= 0.3 is 0 Å². The monoisotopic (exact) mass is 432 g/mol. The maximum Gasteiger partial charge on any atom is 0.223 e. The van der Waals surface area contributed by atoms with Gasteiger partial charge in [0, 0.05) is 50.7 Å². The predicted octanol–water partition coefficient (Wildman–Crippen LogP) is 3.51. The summed E-state index contributed by atoms with van der Waals surface area (Å²) in [6.45, 7) is 7.25. The van der Waals surface area contributed by atoms with Gasteiger partial charge in [-0.1, -0.05) is 5.16 Å². The number of rotatable bonds is 4. The lowest BCUT2D eigenvalue weighted by Crippen LogP contribution is -2.48.